The zero-order chi connectivity index (χ0) is 10.7. The number of hydrogen-bond donors (Lipinski definition) is 2. The van der Waals surface area contributed by atoms with E-state index in [0.717, 1.165) is 31.5 Å². The van der Waals surface area contributed by atoms with Crippen molar-refractivity contribution in [3.63, 3.8) is 0 Å². The second kappa shape index (κ2) is 5.05. The van der Waals surface area contributed by atoms with E-state index >= 15 is 0 Å². The summed E-state index contributed by atoms with van der Waals surface area (Å²) >= 11 is 1.70. The highest BCUT2D eigenvalue weighted by Crippen LogP contribution is 2.19. The van der Waals surface area contributed by atoms with Crippen LogP contribution in [0.25, 0.3) is 0 Å². The first-order chi connectivity index (χ1) is 7.25. The van der Waals surface area contributed by atoms with Gasteiger partial charge >= 0.3 is 0 Å². The van der Waals surface area contributed by atoms with E-state index in [0.29, 0.717) is 6.04 Å². The lowest BCUT2D eigenvalue weighted by Gasteiger charge is -2.26. The largest absolute Gasteiger partial charge is 0.393 e. The van der Waals surface area contributed by atoms with Gasteiger partial charge in [-0.15, -0.1) is 11.3 Å². The van der Waals surface area contributed by atoms with E-state index in [1.165, 1.54) is 11.3 Å². The summed E-state index contributed by atoms with van der Waals surface area (Å²) in [6.45, 7) is 2.94. The van der Waals surface area contributed by atoms with Crippen molar-refractivity contribution in [3.8, 4) is 0 Å². The smallest absolute Gasteiger partial charge is 0.0798 e. The fourth-order valence-electron chi connectivity index (χ4n) is 2.08. The van der Waals surface area contributed by atoms with Gasteiger partial charge in [0.05, 0.1) is 17.3 Å². The molecule has 3 nitrogen and oxygen atoms in total. The highest BCUT2D eigenvalue weighted by molar-refractivity contribution is 7.09. The Morgan fingerprint density at radius 3 is 3.13 bits per heavy atom. The van der Waals surface area contributed by atoms with E-state index in [4.69, 9.17) is 0 Å². The van der Waals surface area contributed by atoms with Crippen LogP contribution < -0.4 is 5.32 Å². The van der Waals surface area contributed by atoms with Gasteiger partial charge in [0.25, 0.3) is 0 Å². The van der Waals surface area contributed by atoms with Crippen LogP contribution in [0.15, 0.2) is 5.51 Å². The summed E-state index contributed by atoms with van der Waals surface area (Å²) in [5.41, 5.74) is 3.02. The lowest BCUT2D eigenvalue weighted by Crippen LogP contribution is -2.35. The number of nitrogens with zero attached hydrogens (tertiary/aromatic N) is 1. The lowest BCUT2D eigenvalue weighted by atomic mass is 9.93. The normalized spacial score (nSPS) is 26.8. The maximum absolute atomic E-state index is 9.54. The van der Waals surface area contributed by atoms with Gasteiger partial charge < -0.3 is 10.4 Å². The van der Waals surface area contributed by atoms with Crippen LogP contribution in [-0.2, 0) is 6.54 Å². The topological polar surface area (TPSA) is 45.2 Å². The maximum Gasteiger partial charge on any atom is 0.0798 e. The van der Waals surface area contributed by atoms with Crippen molar-refractivity contribution in [1.29, 1.82) is 0 Å². The Labute approximate surface area is 94.5 Å². The molecule has 1 fully saturated rings. The molecule has 0 radical (unpaired) electrons. The van der Waals surface area contributed by atoms with Crippen LogP contribution in [0.4, 0.5) is 0 Å². The van der Waals surface area contributed by atoms with E-state index in [-0.39, 0.29) is 6.10 Å². The molecule has 1 aliphatic carbocycles. The molecule has 0 aromatic carbocycles. The molecular formula is C11H18N2OS. The highest BCUT2D eigenvalue weighted by atomic mass is 32.1. The molecular weight excluding hydrogens is 208 g/mol. The van der Waals surface area contributed by atoms with Crippen molar-refractivity contribution in [3.05, 3.63) is 16.1 Å². The van der Waals surface area contributed by atoms with E-state index in [1.807, 2.05) is 12.4 Å². The van der Waals surface area contributed by atoms with Crippen LogP contribution in [0.3, 0.4) is 0 Å². The molecule has 1 aliphatic rings. The highest BCUT2D eigenvalue weighted by Gasteiger charge is 2.19. The summed E-state index contributed by atoms with van der Waals surface area (Å²) in [7, 11) is 0. The Kier molecular flexibility index (Phi) is 3.72. The predicted octanol–water partition coefficient (Wildman–Crippen LogP) is 1.84. The molecule has 1 saturated carbocycles. The first kappa shape index (κ1) is 11.0. The third-order valence-corrected chi connectivity index (χ3v) is 3.98. The van der Waals surface area contributed by atoms with Gasteiger partial charge in [-0.05, 0) is 32.6 Å². The van der Waals surface area contributed by atoms with Gasteiger partial charge in [0.15, 0.2) is 0 Å². The van der Waals surface area contributed by atoms with Crippen molar-refractivity contribution in [2.75, 3.05) is 0 Å². The molecule has 0 bridgehead atoms. The Morgan fingerprint density at radius 1 is 1.60 bits per heavy atom. The first-order valence-corrected chi connectivity index (χ1v) is 6.44. The standard InChI is InChI=1S/C11H18N2OS/c1-8-11(15-7-13-8)6-12-9-3-2-4-10(14)5-9/h7,9-10,12,14H,2-6H2,1H3. The minimum Gasteiger partial charge on any atom is -0.393 e. The molecule has 1 heterocycles. The molecule has 2 rings (SSSR count). The summed E-state index contributed by atoms with van der Waals surface area (Å²) in [5, 5.41) is 13.0. The third-order valence-electron chi connectivity index (χ3n) is 3.04. The van der Waals surface area contributed by atoms with Gasteiger partial charge in [0.1, 0.15) is 0 Å². The van der Waals surface area contributed by atoms with Gasteiger partial charge in [-0.3, -0.25) is 0 Å². The van der Waals surface area contributed by atoms with Crippen LogP contribution in [0.2, 0.25) is 0 Å². The van der Waals surface area contributed by atoms with E-state index in [1.54, 1.807) is 11.3 Å². The molecule has 2 N–H and O–H groups in total. The average molecular weight is 226 g/mol. The number of rotatable bonds is 3. The minimum absolute atomic E-state index is 0.0983. The second-order valence-corrected chi connectivity index (χ2v) is 5.20. The molecule has 0 saturated heterocycles. The van der Waals surface area contributed by atoms with Crippen molar-refractivity contribution in [1.82, 2.24) is 10.3 Å². The van der Waals surface area contributed by atoms with Crippen molar-refractivity contribution >= 4 is 11.3 Å². The third kappa shape index (κ3) is 3.00. The van der Waals surface area contributed by atoms with E-state index in [2.05, 4.69) is 10.3 Å². The lowest BCUT2D eigenvalue weighted by molar-refractivity contribution is 0.111. The quantitative estimate of drug-likeness (QED) is 0.826. The average Bonchev–Trinajstić information content (AvgIpc) is 2.61. The fraction of sp³-hybridized carbons (Fsp3) is 0.727. The maximum atomic E-state index is 9.54. The summed E-state index contributed by atoms with van der Waals surface area (Å²) in [5.74, 6) is 0. The van der Waals surface area contributed by atoms with Gasteiger partial charge in [0.2, 0.25) is 0 Å². The molecule has 2 unspecified atom stereocenters. The monoisotopic (exact) mass is 226 g/mol. The molecule has 1 aromatic rings. The molecule has 0 spiro atoms. The Bertz CT molecular complexity index is 313. The first-order valence-electron chi connectivity index (χ1n) is 5.56. The Hall–Kier alpha value is -0.450. The van der Waals surface area contributed by atoms with Crippen LogP contribution in [-0.4, -0.2) is 22.2 Å². The minimum atomic E-state index is -0.0983. The summed E-state index contributed by atoms with van der Waals surface area (Å²) in [6.07, 6.45) is 4.10. The molecule has 84 valence electrons. The summed E-state index contributed by atoms with van der Waals surface area (Å²) in [4.78, 5) is 5.54. The number of aliphatic hydroxyl groups is 1. The van der Waals surface area contributed by atoms with Crippen molar-refractivity contribution < 1.29 is 5.11 Å². The zero-order valence-electron chi connectivity index (χ0n) is 9.07. The molecule has 0 amide bonds. The number of hydrogen-bond acceptors (Lipinski definition) is 4. The SMILES string of the molecule is Cc1ncsc1CNC1CCCC(O)C1. The number of aliphatic hydroxyl groups excluding tert-OH is 1. The number of aromatic nitrogens is 1. The number of nitrogens with one attached hydrogen (secondary N) is 1. The van der Waals surface area contributed by atoms with Crippen LogP contribution in [0, 0.1) is 6.92 Å². The summed E-state index contributed by atoms with van der Waals surface area (Å²) < 4.78 is 0. The molecule has 2 atom stereocenters. The van der Waals surface area contributed by atoms with E-state index < -0.39 is 0 Å². The zero-order valence-corrected chi connectivity index (χ0v) is 9.89. The Morgan fingerprint density at radius 2 is 2.47 bits per heavy atom. The second-order valence-electron chi connectivity index (χ2n) is 4.26. The molecule has 1 aromatic heterocycles. The van der Waals surface area contributed by atoms with Gasteiger partial charge in [-0.2, -0.15) is 0 Å². The van der Waals surface area contributed by atoms with E-state index in [9.17, 15) is 5.11 Å². The van der Waals surface area contributed by atoms with Gasteiger partial charge in [0, 0.05) is 17.5 Å². The van der Waals surface area contributed by atoms with Crippen LogP contribution in [0.1, 0.15) is 36.3 Å². The fourth-order valence-corrected chi connectivity index (χ4v) is 2.81. The summed E-state index contributed by atoms with van der Waals surface area (Å²) in [6, 6.07) is 0.482. The number of aryl methyl sites for hydroxylation is 1. The van der Waals surface area contributed by atoms with Crippen LogP contribution in [0.5, 0.6) is 0 Å². The molecule has 15 heavy (non-hydrogen) atoms. The Balaban J connectivity index is 1.80. The number of thiazole rings is 1. The van der Waals surface area contributed by atoms with Crippen molar-refractivity contribution in [2.24, 2.45) is 0 Å². The van der Waals surface area contributed by atoms with Crippen molar-refractivity contribution in [2.45, 2.75) is 51.3 Å². The van der Waals surface area contributed by atoms with Gasteiger partial charge in [-0.25, -0.2) is 4.98 Å². The van der Waals surface area contributed by atoms with Gasteiger partial charge in [-0.1, -0.05) is 0 Å². The molecule has 0 aliphatic heterocycles. The molecule has 4 heteroatoms. The predicted molar refractivity (Wildman–Crippen MR) is 62.0 cm³/mol. The van der Waals surface area contributed by atoms with Crippen LogP contribution >= 0.6 is 11.3 Å².